The molecule has 0 aromatic heterocycles. The van der Waals surface area contributed by atoms with Crippen LogP contribution >= 0.6 is 0 Å². The van der Waals surface area contributed by atoms with Gasteiger partial charge >= 0.3 is 24.7 Å². The van der Waals surface area contributed by atoms with Crippen molar-refractivity contribution >= 4 is 29.9 Å². The molecule has 0 fully saturated rings. The second-order valence-corrected chi connectivity index (χ2v) is 14.0. The summed E-state index contributed by atoms with van der Waals surface area (Å²) in [5.41, 5.74) is -3.06. The Labute approximate surface area is 337 Å². The van der Waals surface area contributed by atoms with Crippen molar-refractivity contribution in [3.8, 4) is 0 Å². The van der Waals surface area contributed by atoms with E-state index in [0.29, 0.717) is 33.4 Å². The highest BCUT2D eigenvalue weighted by Gasteiger charge is 2.36. The van der Waals surface area contributed by atoms with Crippen molar-refractivity contribution in [2.75, 3.05) is 0 Å². The molecule has 0 amide bonds. The minimum Gasteiger partial charge on any atom is -0.166 e. The topological polar surface area (TPSA) is 0 Å². The summed E-state index contributed by atoms with van der Waals surface area (Å²) >= 11 is 0. The molecular formula is C48H32F12. The van der Waals surface area contributed by atoms with Crippen LogP contribution in [-0.4, -0.2) is 0 Å². The first-order valence-electron chi connectivity index (χ1n) is 18.1. The highest BCUT2D eigenvalue weighted by Crippen LogP contribution is 2.49. The lowest BCUT2D eigenvalue weighted by Gasteiger charge is -2.37. The van der Waals surface area contributed by atoms with E-state index in [-0.39, 0.29) is 0 Å². The Balaban J connectivity index is 1.53. The van der Waals surface area contributed by atoms with Gasteiger partial charge in [0, 0.05) is 5.41 Å². The monoisotopic (exact) mass is 836 g/mol. The Kier molecular flexibility index (Phi) is 12.1. The normalized spacial score (nSPS) is 16.0. The van der Waals surface area contributed by atoms with Gasteiger partial charge in [0.1, 0.15) is 0 Å². The molecule has 0 radical (unpaired) electrons. The second kappa shape index (κ2) is 16.8. The van der Waals surface area contributed by atoms with Gasteiger partial charge in [-0.25, -0.2) is 0 Å². The van der Waals surface area contributed by atoms with E-state index in [2.05, 4.69) is 0 Å². The molecule has 12 heteroatoms. The Hall–Kier alpha value is -6.30. The zero-order chi connectivity index (χ0) is 43.4. The van der Waals surface area contributed by atoms with Crippen molar-refractivity contribution in [3.05, 3.63) is 220 Å². The summed E-state index contributed by atoms with van der Waals surface area (Å²) in [7, 11) is 0. The first-order chi connectivity index (χ1) is 28.1. The van der Waals surface area contributed by atoms with Gasteiger partial charge in [0.15, 0.2) is 0 Å². The number of benzene rings is 5. The molecule has 308 valence electrons. The van der Waals surface area contributed by atoms with E-state index in [1.165, 1.54) is 48.5 Å². The quantitative estimate of drug-likeness (QED) is 0.102. The lowest BCUT2D eigenvalue weighted by atomic mass is 9.66. The third-order valence-corrected chi connectivity index (χ3v) is 9.78. The fraction of sp³-hybridized carbons (Fsp3) is 0.125. The molecule has 1 aliphatic rings. The van der Waals surface area contributed by atoms with Crippen molar-refractivity contribution < 1.29 is 52.7 Å². The van der Waals surface area contributed by atoms with Gasteiger partial charge in [0.05, 0.1) is 27.7 Å². The number of allylic oxidation sites excluding steroid dienone is 8. The molecule has 5 aromatic carbocycles. The SMILES string of the molecule is FC(F)(F)c1ccc(/C=C/C2(/C=C/c3ccc(C(F)(F)F)cc3)C=CC(/C=C/c3ccc(C(F)(F)F)cc3)(/C=C/c3ccc(C(F)(F)F)cc3)C(c3ccccc3)=C2)cc1. The molecular weight excluding hydrogens is 805 g/mol. The number of alkyl halides is 12. The standard InChI is InChI=1S/C48H32F12/c49-45(50,51)38-14-6-33(7-15-38)22-26-43(27-23-34-8-16-39(17-9-34)46(52,53)54)30-31-44(42(32-43)37-4-2-1-3-5-37,28-24-35-10-18-40(19-11-35)47(55,56)57)29-25-36-12-20-41(21-13-36)48(58,59)60/h1-32H/b26-22+,27-23+,28-24+,29-25+. The molecule has 0 unspecified atom stereocenters. The summed E-state index contributed by atoms with van der Waals surface area (Å²) in [6, 6.07) is 26.6. The van der Waals surface area contributed by atoms with E-state index >= 15 is 0 Å². The Bertz CT molecular complexity index is 2280. The fourth-order valence-electron chi connectivity index (χ4n) is 6.44. The maximum atomic E-state index is 13.4. The van der Waals surface area contributed by atoms with Crippen molar-refractivity contribution in [2.24, 2.45) is 10.8 Å². The minimum absolute atomic E-state index is 0.396. The predicted molar refractivity (Wildman–Crippen MR) is 210 cm³/mol. The van der Waals surface area contributed by atoms with Crippen molar-refractivity contribution in [2.45, 2.75) is 24.7 Å². The number of hydrogen-bond acceptors (Lipinski definition) is 0. The van der Waals surface area contributed by atoms with E-state index in [0.717, 1.165) is 48.5 Å². The zero-order valence-corrected chi connectivity index (χ0v) is 31.0. The fourth-order valence-corrected chi connectivity index (χ4v) is 6.44. The molecule has 5 aromatic rings. The number of halogens is 12. The van der Waals surface area contributed by atoms with Crippen LogP contribution in [0.1, 0.15) is 50.1 Å². The highest BCUT2D eigenvalue weighted by atomic mass is 19.4. The van der Waals surface area contributed by atoms with Crippen LogP contribution in [0.5, 0.6) is 0 Å². The largest absolute Gasteiger partial charge is 0.416 e. The molecule has 0 saturated heterocycles. The summed E-state index contributed by atoms with van der Waals surface area (Å²) < 4.78 is 160. The first kappa shape index (κ1) is 43.3. The summed E-state index contributed by atoms with van der Waals surface area (Å²) in [4.78, 5) is 0. The Morgan fingerprint density at radius 3 is 0.933 bits per heavy atom. The van der Waals surface area contributed by atoms with Gasteiger partial charge in [-0.1, -0.05) is 146 Å². The highest BCUT2D eigenvalue weighted by molar-refractivity contribution is 5.83. The van der Waals surface area contributed by atoms with Gasteiger partial charge in [-0.2, -0.15) is 52.7 Å². The molecule has 0 bridgehead atoms. The van der Waals surface area contributed by atoms with Gasteiger partial charge in [-0.15, -0.1) is 0 Å². The van der Waals surface area contributed by atoms with Crippen LogP contribution in [0.2, 0.25) is 0 Å². The molecule has 0 heterocycles. The van der Waals surface area contributed by atoms with E-state index in [1.807, 2.05) is 6.08 Å². The molecule has 1 aliphatic carbocycles. The molecule has 0 aliphatic heterocycles. The lowest BCUT2D eigenvalue weighted by Crippen LogP contribution is -2.24. The van der Waals surface area contributed by atoms with Crippen LogP contribution in [0.4, 0.5) is 52.7 Å². The van der Waals surface area contributed by atoms with Crippen molar-refractivity contribution in [1.29, 1.82) is 0 Å². The molecule has 0 saturated carbocycles. The smallest absolute Gasteiger partial charge is 0.166 e. The van der Waals surface area contributed by atoms with Crippen LogP contribution < -0.4 is 0 Å². The number of rotatable bonds is 9. The maximum absolute atomic E-state index is 13.4. The Morgan fingerprint density at radius 1 is 0.333 bits per heavy atom. The molecule has 60 heavy (non-hydrogen) atoms. The van der Waals surface area contributed by atoms with Crippen molar-refractivity contribution in [1.82, 2.24) is 0 Å². The van der Waals surface area contributed by atoms with Gasteiger partial charge in [-0.3, -0.25) is 0 Å². The number of hydrogen-bond donors (Lipinski definition) is 0. The third kappa shape index (κ3) is 10.7. The van der Waals surface area contributed by atoms with Gasteiger partial charge in [0.2, 0.25) is 0 Å². The average Bonchev–Trinajstić information content (AvgIpc) is 3.21. The predicted octanol–water partition coefficient (Wildman–Crippen LogP) is 15.5. The first-order valence-corrected chi connectivity index (χ1v) is 18.1. The zero-order valence-electron chi connectivity index (χ0n) is 31.0. The van der Waals surface area contributed by atoms with E-state index in [1.54, 1.807) is 91.1 Å². The summed E-state index contributed by atoms with van der Waals surface area (Å²) in [6.07, 6.45) is 0.244. The van der Waals surface area contributed by atoms with Crippen LogP contribution in [0.15, 0.2) is 170 Å². The van der Waals surface area contributed by atoms with Crippen LogP contribution in [-0.2, 0) is 24.7 Å². The molecule has 0 nitrogen and oxygen atoms in total. The lowest BCUT2D eigenvalue weighted by molar-refractivity contribution is -0.138. The van der Waals surface area contributed by atoms with Crippen LogP contribution in [0.3, 0.4) is 0 Å². The van der Waals surface area contributed by atoms with E-state index < -0.39 is 57.8 Å². The van der Waals surface area contributed by atoms with Crippen molar-refractivity contribution in [3.63, 3.8) is 0 Å². The summed E-state index contributed by atoms with van der Waals surface area (Å²) in [5, 5.41) is 0. The second-order valence-electron chi connectivity index (χ2n) is 14.0. The van der Waals surface area contributed by atoms with Crippen LogP contribution in [0.25, 0.3) is 29.9 Å². The van der Waals surface area contributed by atoms with E-state index in [9.17, 15) is 52.7 Å². The molecule has 0 atom stereocenters. The van der Waals surface area contributed by atoms with Gasteiger partial charge in [-0.05, 0) is 81.9 Å². The van der Waals surface area contributed by atoms with E-state index in [4.69, 9.17) is 0 Å². The average molecular weight is 837 g/mol. The molecule has 0 spiro atoms. The molecule has 6 rings (SSSR count). The van der Waals surface area contributed by atoms with Gasteiger partial charge in [0.25, 0.3) is 0 Å². The third-order valence-electron chi connectivity index (χ3n) is 9.78. The van der Waals surface area contributed by atoms with Gasteiger partial charge < -0.3 is 0 Å². The van der Waals surface area contributed by atoms with Crippen LogP contribution in [0, 0.1) is 10.8 Å². The summed E-state index contributed by atoms with van der Waals surface area (Å²) in [6.45, 7) is 0. The summed E-state index contributed by atoms with van der Waals surface area (Å²) in [5.74, 6) is 0. The minimum atomic E-state index is -4.58. The molecule has 0 N–H and O–H groups in total. The Morgan fingerprint density at radius 2 is 0.633 bits per heavy atom. The maximum Gasteiger partial charge on any atom is 0.416 e.